The standard InChI is InChI=1S/C15H19NO2/c17-11-10-14(12-6-2-1-3-7-12)16-15(18)13-8-4-5-9-13/h1-3,6-7,11,13-14H,4-5,8-10H2,(H,16,18). The molecule has 1 unspecified atom stereocenters. The maximum Gasteiger partial charge on any atom is 0.223 e. The van der Waals surface area contributed by atoms with Crippen molar-refractivity contribution < 1.29 is 9.59 Å². The fourth-order valence-corrected chi connectivity index (χ4v) is 2.54. The van der Waals surface area contributed by atoms with Crippen molar-refractivity contribution >= 4 is 12.2 Å². The van der Waals surface area contributed by atoms with E-state index in [1.165, 1.54) is 0 Å². The van der Waals surface area contributed by atoms with Crippen LogP contribution in [-0.4, -0.2) is 12.2 Å². The van der Waals surface area contributed by atoms with E-state index in [9.17, 15) is 9.59 Å². The molecular weight excluding hydrogens is 226 g/mol. The van der Waals surface area contributed by atoms with Gasteiger partial charge in [-0.2, -0.15) is 0 Å². The molecule has 96 valence electrons. The zero-order valence-electron chi connectivity index (χ0n) is 10.5. The average molecular weight is 245 g/mol. The molecule has 1 fully saturated rings. The largest absolute Gasteiger partial charge is 0.349 e. The lowest BCUT2D eigenvalue weighted by Crippen LogP contribution is -2.33. The van der Waals surface area contributed by atoms with Gasteiger partial charge in [0.1, 0.15) is 6.29 Å². The van der Waals surface area contributed by atoms with Gasteiger partial charge < -0.3 is 10.1 Å². The van der Waals surface area contributed by atoms with E-state index >= 15 is 0 Å². The van der Waals surface area contributed by atoms with Gasteiger partial charge in [0.15, 0.2) is 0 Å². The maximum absolute atomic E-state index is 12.1. The first-order chi connectivity index (χ1) is 8.81. The Kier molecular flexibility index (Phi) is 4.51. The van der Waals surface area contributed by atoms with Gasteiger partial charge in [0.2, 0.25) is 5.91 Å². The third kappa shape index (κ3) is 3.19. The lowest BCUT2D eigenvalue weighted by molar-refractivity contribution is -0.125. The predicted molar refractivity (Wildman–Crippen MR) is 70.0 cm³/mol. The Labute approximate surface area is 108 Å². The van der Waals surface area contributed by atoms with Gasteiger partial charge in [0, 0.05) is 12.3 Å². The molecule has 0 aliphatic heterocycles. The van der Waals surface area contributed by atoms with Crippen molar-refractivity contribution in [2.75, 3.05) is 0 Å². The molecule has 0 aromatic heterocycles. The van der Waals surface area contributed by atoms with Crippen LogP contribution in [0.1, 0.15) is 43.7 Å². The number of amides is 1. The summed E-state index contributed by atoms with van der Waals surface area (Å²) in [5, 5.41) is 3.01. The Hall–Kier alpha value is -1.64. The van der Waals surface area contributed by atoms with E-state index in [-0.39, 0.29) is 17.9 Å². The summed E-state index contributed by atoms with van der Waals surface area (Å²) >= 11 is 0. The second-order valence-corrected chi connectivity index (χ2v) is 4.86. The van der Waals surface area contributed by atoms with E-state index in [2.05, 4.69) is 5.32 Å². The molecule has 0 radical (unpaired) electrons. The number of hydrogen-bond donors (Lipinski definition) is 1. The van der Waals surface area contributed by atoms with Crippen LogP contribution in [0, 0.1) is 5.92 Å². The van der Waals surface area contributed by atoms with E-state index in [0.717, 1.165) is 37.5 Å². The van der Waals surface area contributed by atoms with Crippen LogP contribution in [0.25, 0.3) is 0 Å². The van der Waals surface area contributed by atoms with Crippen LogP contribution >= 0.6 is 0 Å². The molecular formula is C15H19NO2. The zero-order chi connectivity index (χ0) is 12.8. The Morgan fingerprint density at radius 2 is 1.94 bits per heavy atom. The average Bonchev–Trinajstić information content (AvgIpc) is 2.93. The molecule has 1 atom stereocenters. The van der Waals surface area contributed by atoms with Crippen LogP contribution in [0.5, 0.6) is 0 Å². The molecule has 1 saturated carbocycles. The van der Waals surface area contributed by atoms with Gasteiger partial charge in [-0.3, -0.25) is 4.79 Å². The molecule has 1 aliphatic carbocycles. The summed E-state index contributed by atoms with van der Waals surface area (Å²) in [6, 6.07) is 9.49. The molecule has 1 N–H and O–H groups in total. The van der Waals surface area contributed by atoms with Crippen molar-refractivity contribution in [1.82, 2.24) is 5.32 Å². The van der Waals surface area contributed by atoms with Gasteiger partial charge in [-0.05, 0) is 18.4 Å². The normalized spacial score (nSPS) is 17.3. The first kappa shape index (κ1) is 12.8. The SMILES string of the molecule is O=CCC(NC(=O)C1CCCC1)c1ccccc1. The highest BCUT2D eigenvalue weighted by atomic mass is 16.2. The van der Waals surface area contributed by atoms with Crippen LogP contribution in [0.15, 0.2) is 30.3 Å². The van der Waals surface area contributed by atoms with E-state index in [4.69, 9.17) is 0 Å². The van der Waals surface area contributed by atoms with Gasteiger partial charge in [-0.1, -0.05) is 43.2 Å². The minimum Gasteiger partial charge on any atom is -0.349 e. The molecule has 1 aromatic carbocycles. The van der Waals surface area contributed by atoms with Crippen LogP contribution in [0.2, 0.25) is 0 Å². The number of carbonyl (C=O) groups is 2. The number of nitrogens with one attached hydrogen (secondary N) is 1. The van der Waals surface area contributed by atoms with Crippen LogP contribution in [-0.2, 0) is 9.59 Å². The van der Waals surface area contributed by atoms with Crippen LogP contribution < -0.4 is 5.32 Å². The molecule has 1 aliphatic rings. The van der Waals surface area contributed by atoms with Crippen molar-refractivity contribution in [3.05, 3.63) is 35.9 Å². The van der Waals surface area contributed by atoms with Crippen molar-refractivity contribution in [2.24, 2.45) is 5.92 Å². The molecule has 3 heteroatoms. The summed E-state index contributed by atoms with van der Waals surface area (Å²) in [4.78, 5) is 22.8. The highest BCUT2D eigenvalue weighted by Crippen LogP contribution is 2.26. The summed E-state index contributed by atoms with van der Waals surface area (Å²) in [5.74, 6) is 0.242. The van der Waals surface area contributed by atoms with Gasteiger partial charge in [0.05, 0.1) is 6.04 Å². The summed E-state index contributed by atoms with van der Waals surface area (Å²) in [7, 11) is 0. The van der Waals surface area contributed by atoms with E-state index < -0.39 is 0 Å². The van der Waals surface area contributed by atoms with Crippen molar-refractivity contribution in [2.45, 2.75) is 38.1 Å². The van der Waals surface area contributed by atoms with Crippen molar-refractivity contribution in [1.29, 1.82) is 0 Å². The monoisotopic (exact) mass is 245 g/mol. The summed E-state index contributed by atoms with van der Waals surface area (Å²) in [5.41, 5.74) is 0.996. The molecule has 1 aromatic rings. The summed E-state index contributed by atoms with van der Waals surface area (Å²) < 4.78 is 0. The predicted octanol–water partition coefficient (Wildman–Crippen LogP) is 2.62. The fraction of sp³-hybridized carbons (Fsp3) is 0.467. The Morgan fingerprint density at radius 1 is 1.28 bits per heavy atom. The van der Waals surface area contributed by atoms with Gasteiger partial charge in [0.25, 0.3) is 0 Å². The molecule has 18 heavy (non-hydrogen) atoms. The van der Waals surface area contributed by atoms with Gasteiger partial charge in [-0.15, -0.1) is 0 Å². The Bertz CT molecular complexity index is 396. The fourth-order valence-electron chi connectivity index (χ4n) is 2.54. The molecule has 0 spiro atoms. The quantitative estimate of drug-likeness (QED) is 0.810. The summed E-state index contributed by atoms with van der Waals surface area (Å²) in [6.07, 6.45) is 5.45. The van der Waals surface area contributed by atoms with E-state index in [1.54, 1.807) is 0 Å². The Balaban J connectivity index is 2.02. The third-order valence-corrected chi connectivity index (χ3v) is 3.58. The second kappa shape index (κ2) is 6.34. The first-order valence-corrected chi connectivity index (χ1v) is 6.60. The van der Waals surface area contributed by atoms with Crippen LogP contribution in [0.4, 0.5) is 0 Å². The zero-order valence-corrected chi connectivity index (χ0v) is 10.5. The van der Waals surface area contributed by atoms with Gasteiger partial charge in [-0.25, -0.2) is 0 Å². The number of carbonyl (C=O) groups excluding carboxylic acids is 2. The lowest BCUT2D eigenvalue weighted by Gasteiger charge is -2.19. The highest BCUT2D eigenvalue weighted by molar-refractivity contribution is 5.79. The topological polar surface area (TPSA) is 46.2 Å². The molecule has 0 heterocycles. The smallest absolute Gasteiger partial charge is 0.223 e. The molecule has 0 bridgehead atoms. The van der Waals surface area contributed by atoms with Crippen LogP contribution in [0.3, 0.4) is 0 Å². The molecule has 2 rings (SSSR count). The Morgan fingerprint density at radius 3 is 2.56 bits per heavy atom. The maximum atomic E-state index is 12.1. The van der Waals surface area contributed by atoms with Gasteiger partial charge >= 0.3 is 0 Å². The van der Waals surface area contributed by atoms with Crippen molar-refractivity contribution in [3.63, 3.8) is 0 Å². The number of aldehydes is 1. The minimum absolute atomic E-state index is 0.100. The van der Waals surface area contributed by atoms with E-state index in [1.807, 2.05) is 30.3 Å². The molecule has 0 saturated heterocycles. The molecule has 1 amide bonds. The highest BCUT2D eigenvalue weighted by Gasteiger charge is 2.24. The number of benzene rings is 1. The first-order valence-electron chi connectivity index (χ1n) is 6.60. The van der Waals surface area contributed by atoms with E-state index in [0.29, 0.717) is 6.42 Å². The number of hydrogen-bond acceptors (Lipinski definition) is 2. The minimum atomic E-state index is -0.184. The third-order valence-electron chi connectivity index (χ3n) is 3.58. The second-order valence-electron chi connectivity index (χ2n) is 4.86. The molecule has 3 nitrogen and oxygen atoms in total. The number of rotatable bonds is 5. The lowest BCUT2D eigenvalue weighted by atomic mass is 10.0. The van der Waals surface area contributed by atoms with Crippen molar-refractivity contribution in [3.8, 4) is 0 Å². The summed E-state index contributed by atoms with van der Waals surface area (Å²) in [6.45, 7) is 0.